The summed E-state index contributed by atoms with van der Waals surface area (Å²) >= 11 is 6.01. The quantitative estimate of drug-likeness (QED) is 0.243. The Bertz CT molecular complexity index is 956. The number of nitrogens with zero attached hydrogens (tertiary/aromatic N) is 3. The van der Waals surface area contributed by atoms with Crippen LogP contribution in [0.3, 0.4) is 0 Å². The number of halogens is 1. The minimum absolute atomic E-state index is 0.123. The molecule has 2 aromatic rings. The lowest BCUT2D eigenvalue weighted by atomic mass is 10.0. The van der Waals surface area contributed by atoms with E-state index in [0.717, 1.165) is 74.6 Å². The maximum atomic E-state index is 11.9. The summed E-state index contributed by atoms with van der Waals surface area (Å²) in [5.41, 5.74) is 2.64. The van der Waals surface area contributed by atoms with E-state index in [1.54, 1.807) is 7.11 Å². The van der Waals surface area contributed by atoms with Gasteiger partial charge in [-0.2, -0.15) is 0 Å². The third-order valence-corrected chi connectivity index (χ3v) is 6.35. The van der Waals surface area contributed by atoms with Crippen LogP contribution in [0.5, 0.6) is 5.75 Å². The molecule has 1 aliphatic heterocycles. The largest absolute Gasteiger partial charge is 0.494 e. The number of rotatable bonds is 13. The van der Waals surface area contributed by atoms with Gasteiger partial charge in [-0.15, -0.1) is 0 Å². The molecule has 1 saturated heterocycles. The molecule has 3 rings (SSSR count). The predicted octanol–water partition coefficient (Wildman–Crippen LogP) is 4.43. The van der Waals surface area contributed by atoms with Gasteiger partial charge in [0.2, 0.25) is 5.91 Å². The number of hydrogen-bond donors (Lipinski definition) is 1. The average Bonchev–Trinajstić information content (AvgIpc) is 2.86. The van der Waals surface area contributed by atoms with Crippen LogP contribution in [0.25, 0.3) is 0 Å². The first-order valence-corrected chi connectivity index (χ1v) is 13.2. The van der Waals surface area contributed by atoms with Crippen molar-refractivity contribution in [3.8, 4) is 5.75 Å². The lowest BCUT2D eigenvalue weighted by molar-refractivity contribution is -0.123. The van der Waals surface area contributed by atoms with Crippen molar-refractivity contribution in [1.29, 1.82) is 0 Å². The van der Waals surface area contributed by atoms with Crippen molar-refractivity contribution < 1.29 is 14.4 Å². The van der Waals surface area contributed by atoms with Crippen molar-refractivity contribution in [1.82, 2.24) is 15.1 Å². The van der Waals surface area contributed by atoms with Crippen molar-refractivity contribution in [2.45, 2.75) is 39.2 Å². The molecule has 0 saturated carbocycles. The van der Waals surface area contributed by atoms with Crippen molar-refractivity contribution in [2.75, 3.05) is 53.0 Å². The van der Waals surface area contributed by atoms with Crippen LogP contribution in [0.2, 0.25) is 5.02 Å². The summed E-state index contributed by atoms with van der Waals surface area (Å²) in [6.07, 6.45) is 3.32. The van der Waals surface area contributed by atoms with Gasteiger partial charge in [-0.25, -0.2) is 0 Å². The minimum atomic E-state index is 0.123. The van der Waals surface area contributed by atoms with Gasteiger partial charge in [0.1, 0.15) is 18.6 Å². The number of benzene rings is 2. The summed E-state index contributed by atoms with van der Waals surface area (Å²) in [5.74, 6) is 0.974. The number of unbranched alkanes of at least 4 members (excludes halogenated alkanes) is 2. The normalized spacial score (nSPS) is 15.2. The Balaban J connectivity index is 1.31. The Morgan fingerprint density at radius 1 is 0.944 bits per heavy atom. The smallest absolute Gasteiger partial charge is 0.234 e. The summed E-state index contributed by atoms with van der Waals surface area (Å²) in [4.78, 5) is 21.7. The van der Waals surface area contributed by atoms with Crippen LogP contribution in [-0.2, 0) is 9.63 Å². The second-order valence-electron chi connectivity index (χ2n) is 9.40. The number of oxime groups is 1. The number of carbonyl (C=O) groups excluding carboxylic acids is 1. The van der Waals surface area contributed by atoms with E-state index >= 15 is 0 Å². The molecule has 1 amide bonds. The van der Waals surface area contributed by atoms with E-state index in [0.29, 0.717) is 18.2 Å². The van der Waals surface area contributed by atoms with E-state index < -0.39 is 0 Å². The van der Waals surface area contributed by atoms with Crippen LogP contribution in [0.1, 0.15) is 44.2 Å². The first kappa shape index (κ1) is 28.0. The van der Waals surface area contributed by atoms with Gasteiger partial charge in [0.15, 0.2) is 0 Å². The molecule has 8 heteroatoms. The number of carbonyl (C=O) groups is 1. The molecule has 0 spiro atoms. The summed E-state index contributed by atoms with van der Waals surface area (Å²) in [6, 6.07) is 15.7. The third-order valence-electron chi connectivity index (χ3n) is 6.10. The number of nitrogens with one attached hydrogen (secondary N) is 1. The highest BCUT2D eigenvalue weighted by molar-refractivity contribution is 6.30. The Morgan fingerprint density at radius 2 is 1.56 bits per heavy atom. The lowest BCUT2D eigenvalue weighted by Gasteiger charge is -2.34. The summed E-state index contributed by atoms with van der Waals surface area (Å²) in [7, 11) is 1.54. The highest BCUT2D eigenvalue weighted by Gasteiger charge is 2.18. The lowest BCUT2D eigenvalue weighted by Crippen LogP contribution is -2.50. The molecule has 0 unspecified atom stereocenters. The van der Waals surface area contributed by atoms with Crippen molar-refractivity contribution in [3.05, 3.63) is 64.7 Å². The van der Waals surface area contributed by atoms with E-state index in [1.165, 1.54) is 0 Å². The van der Waals surface area contributed by atoms with Crippen LogP contribution >= 0.6 is 11.6 Å². The zero-order valence-electron chi connectivity index (χ0n) is 21.7. The molecule has 0 bridgehead atoms. The van der Waals surface area contributed by atoms with Gasteiger partial charge in [-0.3, -0.25) is 9.69 Å². The van der Waals surface area contributed by atoms with E-state index in [2.05, 4.69) is 20.3 Å². The van der Waals surface area contributed by atoms with Gasteiger partial charge < -0.3 is 19.8 Å². The number of ether oxygens (including phenoxy) is 1. The van der Waals surface area contributed by atoms with Crippen molar-refractivity contribution >= 4 is 23.2 Å². The Labute approximate surface area is 220 Å². The maximum Gasteiger partial charge on any atom is 0.234 e. The highest BCUT2D eigenvalue weighted by atomic mass is 35.5. The Morgan fingerprint density at radius 3 is 2.17 bits per heavy atom. The van der Waals surface area contributed by atoms with E-state index in [-0.39, 0.29) is 11.9 Å². The SMILES string of the molecule is CO/N=C(/c1ccc(Cl)cc1)c1ccc(OCCCCCN2CCN(CC(=O)NC(C)C)CC2)cc1. The molecule has 1 N–H and O–H groups in total. The molecule has 196 valence electrons. The second-order valence-corrected chi connectivity index (χ2v) is 9.84. The molecule has 36 heavy (non-hydrogen) atoms. The zero-order chi connectivity index (χ0) is 25.8. The molecular weight excluding hydrogens is 476 g/mol. The molecule has 0 atom stereocenters. The predicted molar refractivity (Wildman–Crippen MR) is 146 cm³/mol. The fourth-order valence-electron chi connectivity index (χ4n) is 4.23. The molecular formula is C28H39ClN4O3. The maximum absolute atomic E-state index is 11.9. The van der Waals surface area contributed by atoms with E-state index in [4.69, 9.17) is 21.2 Å². The van der Waals surface area contributed by atoms with Crippen LogP contribution in [0.15, 0.2) is 53.7 Å². The van der Waals surface area contributed by atoms with Crippen LogP contribution in [0, 0.1) is 0 Å². The van der Waals surface area contributed by atoms with Gasteiger partial charge in [0, 0.05) is 48.4 Å². The fourth-order valence-corrected chi connectivity index (χ4v) is 4.35. The number of piperazine rings is 1. The molecule has 1 aliphatic rings. The minimum Gasteiger partial charge on any atom is -0.494 e. The van der Waals surface area contributed by atoms with E-state index in [1.807, 2.05) is 62.4 Å². The van der Waals surface area contributed by atoms with Crippen LogP contribution in [-0.4, -0.2) is 80.4 Å². The van der Waals surface area contributed by atoms with Gasteiger partial charge in [0.25, 0.3) is 0 Å². The number of amides is 1. The van der Waals surface area contributed by atoms with Gasteiger partial charge in [-0.05, 0) is 76.1 Å². The zero-order valence-corrected chi connectivity index (χ0v) is 22.5. The highest BCUT2D eigenvalue weighted by Crippen LogP contribution is 2.18. The summed E-state index contributed by atoms with van der Waals surface area (Å²) in [6.45, 7) is 10.3. The first-order chi connectivity index (χ1) is 17.4. The van der Waals surface area contributed by atoms with E-state index in [9.17, 15) is 4.79 Å². The topological polar surface area (TPSA) is 66.4 Å². The molecule has 0 aliphatic carbocycles. The Hall–Kier alpha value is -2.61. The average molecular weight is 515 g/mol. The molecule has 1 heterocycles. The first-order valence-electron chi connectivity index (χ1n) is 12.8. The Kier molecular flexibility index (Phi) is 11.5. The standard InChI is InChI=1S/C28H39ClN4O3/c1-22(2)30-27(34)21-33-18-16-32(17-19-33)15-5-4-6-20-36-26-13-9-24(10-14-26)28(31-35-3)23-7-11-25(29)12-8-23/h7-14,22H,4-6,15-21H2,1-3H3,(H,30,34)/b31-28-. The molecule has 0 aromatic heterocycles. The van der Waals surface area contributed by atoms with Crippen molar-refractivity contribution in [2.24, 2.45) is 5.16 Å². The van der Waals surface area contributed by atoms with Gasteiger partial charge in [-0.1, -0.05) is 28.9 Å². The molecule has 7 nitrogen and oxygen atoms in total. The van der Waals surface area contributed by atoms with Crippen LogP contribution in [0.4, 0.5) is 0 Å². The molecule has 0 radical (unpaired) electrons. The monoisotopic (exact) mass is 514 g/mol. The summed E-state index contributed by atoms with van der Waals surface area (Å²) in [5, 5.41) is 7.85. The van der Waals surface area contributed by atoms with Gasteiger partial charge in [0.05, 0.1) is 13.2 Å². The fraction of sp³-hybridized carbons (Fsp3) is 0.500. The summed E-state index contributed by atoms with van der Waals surface area (Å²) < 4.78 is 5.95. The number of hydrogen-bond acceptors (Lipinski definition) is 6. The van der Waals surface area contributed by atoms with Crippen LogP contribution < -0.4 is 10.1 Å². The third kappa shape index (κ3) is 9.45. The van der Waals surface area contributed by atoms with Gasteiger partial charge >= 0.3 is 0 Å². The second kappa shape index (κ2) is 14.8. The molecule has 1 fully saturated rings. The molecule has 2 aromatic carbocycles. The van der Waals surface area contributed by atoms with Crippen molar-refractivity contribution in [3.63, 3.8) is 0 Å².